The molecule has 1 aliphatic heterocycles. The highest BCUT2D eigenvalue weighted by molar-refractivity contribution is 7.89. The molecule has 0 aromatic heterocycles. The summed E-state index contributed by atoms with van der Waals surface area (Å²) < 4.78 is 44.4. The number of methoxy groups -OCH3 is 1. The average molecular weight is 316 g/mol. The number of anilines is 1. The second-order valence-electron chi connectivity index (χ2n) is 4.83. The number of hydrogen-bond acceptors (Lipinski definition) is 5. The fourth-order valence-corrected chi connectivity index (χ4v) is 4.03. The van der Waals surface area contributed by atoms with E-state index in [1.165, 1.54) is 19.2 Å². The third-order valence-corrected chi connectivity index (χ3v) is 5.41. The molecule has 1 aromatic rings. The van der Waals surface area contributed by atoms with Crippen LogP contribution in [0.4, 0.5) is 10.1 Å². The Labute approximate surface area is 122 Å². The fraction of sp³-hybridized carbons (Fsp3) is 0.462. The van der Waals surface area contributed by atoms with Crippen molar-refractivity contribution >= 4 is 21.7 Å². The van der Waals surface area contributed by atoms with E-state index in [9.17, 15) is 17.6 Å². The molecule has 21 heavy (non-hydrogen) atoms. The van der Waals surface area contributed by atoms with Crippen molar-refractivity contribution in [2.75, 3.05) is 19.4 Å². The molecule has 2 N–H and O–H groups in total. The maximum absolute atomic E-state index is 13.5. The number of benzene rings is 1. The second-order valence-corrected chi connectivity index (χ2v) is 6.72. The quantitative estimate of drug-likeness (QED) is 0.667. The number of carbonyl (C=O) groups excluding carboxylic acids is 1. The first-order valence-corrected chi connectivity index (χ1v) is 7.96. The molecule has 1 saturated heterocycles. The molecular weight excluding hydrogens is 299 g/mol. The van der Waals surface area contributed by atoms with E-state index < -0.39 is 27.9 Å². The van der Waals surface area contributed by atoms with Gasteiger partial charge in [0.15, 0.2) is 0 Å². The summed E-state index contributed by atoms with van der Waals surface area (Å²) in [7, 11) is -2.76. The van der Waals surface area contributed by atoms with Crippen LogP contribution in [0.25, 0.3) is 0 Å². The molecule has 1 aliphatic rings. The van der Waals surface area contributed by atoms with Gasteiger partial charge < -0.3 is 10.5 Å². The van der Waals surface area contributed by atoms with Gasteiger partial charge in [0.25, 0.3) is 0 Å². The van der Waals surface area contributed by atoms with Crippen LogP contribution in [0, 0.1) is 5.82 Å². The van der Waals surface area contributed by atoms with Crippen molar-refractivity contribution in [3.8, 4) is 0 Å². The average Bonchev–Trinajstić information content (AvgIpc) is 2.49. The monoisotopic (exact) mass is 316 g/mol. The Morgan fingerprint density at radius 3 is 2.76 bits per heavy atom. The van der Waals surface area contributed by atoms with Gasteiger partial charge in [0.1, 0.15) is 11.9 Å². The third kappa shape index (κ3) is 3.01. The highest BCUT2D eigenvalue weighted by atomic mass is 32.2. The number of rotatable bonds is 3. The summed E-state index contributed by atoms with van der Waals surface area (Å²) in [5, 5.41) is 0. The van der Waals surface area contributed by atoms with E-state index in [1.54, 1.807) is 0 Å². The van der Waals surface area contributed by atoms with E-state index in [2.05, 4.69) is 4.74 Å². The summed E-state index contributed by atoms with van der Waals surface area (Å²) in [5.41, 5.74) is 5.22. The van der Waals surface area contributed by atoms with Gasteiger partial charge in [-0.3, -0.25) is 4.79 Å². The van der Waals surface area contributed by atoms with Crippen molar-refractivity contribution in [2.24, 2.45) is 0 Å². The van der Waals surface area contributed by atoms with E-state index in [4.69, 9.17) is 5.73 Å². The molecule has 8 heteroatoms. The van der Waals surface area contributed by atoms with Gasteiger partial charge in [-0.2, -0.15) is 4.31 Å². The summed E-state index contributed by atoms with van der Waals surface area (Å²) in [5.74, 6) is -1.41. The summed E-state index contributed by atoms with van der Waals surface area (Å²) in [6.45, 7) is 0.202. The molecular formula is C13H17FN2O4S. The lowest BCUT2D eigenvalue weighted by atomic mass is 10.1. The first-order chi connectivity index (χ1) is 9.87. The molecule has 1 heterocycles. The molecule has 0 saturated carbocycles. The molecule has 116 valence electrons. The van der Waals surface area contributed by atoms with Crippen molar-refractivity contribution < 1.29 is 22.3 Å². The van der Waals surface area contributed by atoms with Crippen LogP contribution >= 0.6 is 0 Å². The number of sulfonamides is 1. The number of nitrogens with two attached hydrogens (primary N) is 1. The lowest BCUT2D eigenvalue weighted by Gasteiger charge is -2.32. The molecule has 1 fully saturated rings. The minimum Gasteiger partial charge on any atom is -0.468 e. The number of halogens is 1. The maximum atomic E-state index is 13.5. The van der Waals surface area contributed by atoms with E-state index in [1.807, 2.05) is 0 Å². The zero-order valence-corrected chi connectivity index (χ0v) is 12.4. The summed E-state index contributed by atoms with van der Waals surface area (Å²) in [6, 6.07) is 2.43. The zero-order valence-electron chi connectivity index (χ0n) is 11.6. The number of esters is 1. The topological polar surface area (TPSA) is 89.7 Å². The summed E-state index contributed by atoms with van der Waals surface area (Å²) in [6.07, 6.45) is 1.77. The molecule has 0 aliphatic carbocycles. The first-order valence-electron chi connectivity index (χ1n) is 6.52. The highest BCUT2D eigenvalue weighted by Crippen LogP contribution is 2.27. The van der Waals surface area contributed by atoms with Gasteiger partial charge in [0.05, 0.1) is 17.7 Å². The van der Waals surface area contributed by atoms with Gasteiger partial charge in [0, 0.05) is 6.54 Å². The molecule has 2 rings (SSSR count). The number of nitrogen functional groups attached to an aromatic ring is 1. The molecule has 1 atom stereocenters. The lowest BCUT2D eigenvalue weighted by molar-refractivity contribution is -0.146. The predicted octanol–water partition coefficient (Wildman–Crippen LogP) is 1.12. The Bertz CT molecular complexity index is 648. The van der Waals surface area contributed by atoms with Crippen LogP contribution in [0.3, 0.4) is 0 Å². The zero-order chi connectivity index (χ0) is 15.6. The lowest BCUT2D eigenvalue weighted by Crippen LogP contribution is -2.48. The molecule has 0 spiro atoms. The summed E-state index contributed by atoms with van der Waals surface area (Å²) >= 11 is 0. The van der Waals surface area contributed by atoms with Crippen molar-refractivity contribution in [3.05, 3.63) is 24.0 Å². The number of hydrogen-bond donors (Lipinski definition) is 1. The smallest absolute Gasteiger partial charge is 0.324 e. The Morgan fingerprint density at radius 2 is 2.14 bits per heavy atom. The Kier molecular flexibility index (Phi) is 4.48. The first kappa shape index (κ1) is 15.7. The van der Waals surface area contributed by atoms with Crippen LogP contribution in [0.15, 0.2) is 23.1 Å². The molecule has 0 bridgehead atoms. The van der Waals surface area contributed by atoms with Crippen LogP contribution in [0.2, 0.25) is 0 Å². The molecule has 0 amide bonds. The van der Waals surface area contributed by atoms with Crippen molar-refractivity contribution in [2.45, 2.75) is 30.2 Å². The maximum Gasteiger partial charge on any atom is 0.324 e. The number of piperidine rings is 1. The fourth-order valence-electron chi connectivity index (χ4n) is 2.37. The standard InChI is InChI=1S/C13H17FN2O4S/c1-20-13(17)12-4-2-3-7-16(12)21(18,19)9-5-6-11(15)10(14)8-9/h5-6,8,12H,2-4,7,15H2,1H3. The van der Waals surface area contributed by atoms with Crippen LogP contribution in [0.1, 0.15) is 19.3 Å². The molecule has 6 nitrogen and oxygen atoms in total. The van der Waals surface area contributed by atoms with E-state index in [-0.39, 0.29) is 17.1 Å². The third-order valence-electron chi connectivity index (χ3n) is 3.51. The summed E-state index contributed by atoms with van der Waals surface area (Å²) in [4.78, 5) is 11.5. The minimum atomic E-state index is -3.97. The number of carbonyl (C=O) groups is 1. The van der Waals surface area contributed by atoms with Crippen molar-refractivity contribution in [3.63, 3.8) is 0 Å². The van der Waals surface area contributed by atoms with Gasteiger partial charge in [-0.1, -0.05) is 0 Å². The van der Waals surface area contributed by atoms with E-state index in [0.717, 1.165) is 16.8 Å². The largest absolute Gasteiger partial charge is 0.468 e. The Balaban J connectivity index is 2.40. The minimum absolute atomic E-state index is 0.128. The Hall–Kier alpha value is -1.67. The highest BCUT2D eigenvalue weighted by Gasteiger charge is 2.38. The van der Waals surface area contributed by atoms with Crippen LogP contribution in [0.5, 0.6) is 0 Å². The van der Waals surface area contributed by atoms with Crippen molar-refractivity contribution in [1.29, 1.82) is 0 Å². The predicted molar refractivity (Wildman–Crippen MR) is 74.4 cm³/mol. The second kappa shape index (κ2) is 5.98. The van der Waals surface area contributed by atoms with Gasteiger partial charge in [-0.25, -0.2) is 12.8 Å². The SMILES string of the molecule is COC(=O)C1CCCCN1S(=O)(=O)c1ccc(N)c(F)c1. The van der Waals surface area contributed by atoms with Crippen LogP contribution < -0.4 is 5.73 Å². The number of ether oxygens (including phenoxy) is 1. The van der Waals surface area contributed by atoms with Gasteiger partial charge in [0.2, 0.25) is 10.0 Å². The van der Waals surface area contributed by atoms with E-state index in [0.29, 0.717) is 12.8 Å². The van der Waals surface area contributed by atoms with Crippen LogP contribution in [-0.4, -0.2) is 38.4 Å². The Morgan fingerprint density at radius 1 is 1.43 bits per heavy atom. The van der Waals surface area contributed by atoms with Crippen molar-refractivity contribution in [1.82, 2.24) is 4.31 Å². The molecule has 1 aromatic carbocycles. The van der Waals surface area contributed by atoms with Gasteiger partial charge in [-0.05, 0) is 37.5 Å². The van der Waals surface area contributed by atoms with Crippen LogP contribution in [-0.2, 0) is 19.6 Å². The number of nitrogens with zero attached hydrogens (tertiary/aromatic N) is 1. The van der Waals surface area contributed by atoms with E-state index >= 15 is 0 Å². The van der Waals surface area contributed by atoms with Gasteiger partial charge in [-0.15, -0.1) is 0 Å². The molecule has 0 radical (unpaired) electrons. The van der Waals surface area contributed by atoms with Gasteiger partial charge >= 0.3 is 5.97 Å². The molecule has 1 unspecified atom stereocenters. The normalized spacial score (nSPS) is 20.2.